The summed E-state index contributed by atoms with van der Waals surface area (Å²) in [6.45, 7) is 0. The normalized spacial score (nSPS) is 10.2. The molecule has 20 heavy (non-hydrogen) atoms. The van der Waals surface area contributed by atoms with Crippen LogP contribution in [0.25, 0.3) is 10.4 Å². The van der Waals surface area contributed by atoms with Crippen molar-refractivity contribution >= 4 is 11.3 Å². The van der Waals surface area contributed by atoms with Crippen molar-refractivity contribution in [3.8, 4) is 28.0 Å². The van der Waals surface area contributed by atoms with Crippen molar-refractivity contribution in [3.63, 3.8) is 0 Å². The van der Waals surface area contributed by atoms with E-state index in [-0.39, 0.29) is 0 Å². The molecule has 3 rings (SSSR count). The topological polar surface area (TPSA) is 44.2 Å². The predicted octanol–water partition coefficient (Wildman–Crippen LogP) is 4.01. The van der Waals surface area contributed by atoms with Gasteiger partial charge in [-0.3, -0.25) is 0 Å². The number of benzene rings is 1. The van der Waals surface area contributed by atoms with Gasteiger partial charge in [-0.15, -0.1) is 11.3 Å². The molecule has 0 saturated heterocycles. The van der Waals surface area contributed by atoms with Crippen LogP contribution in [0.1, 0.15) is 0 Å². The molecule has 0 spiro atoms. The van der Waals surface area contributed by atoms with E-state index in [1.165, 1.54) is 0 Å². The summed E-state index contributed by atoms with van der Waals surface area (Å²) in [4.78, 5) is 9.57. The first kappa shape index (κ1) is 12.6. The lowest BCUT2D eigenvalue weighted by Gasteiger charge is -2.05. The minimum Gasteiger partial charge on any atom is -0.497 e. The Morgan fingerprint density at radius 3 is 2.25 bits per heavy atom. The first-order chi connectivity index (χ1) is 9.85. The average Bonchev–Trinajstić information content (AvgIpc) is 3.03. The zero-order valence-electron chi connectivity index (χ0n) is 10.8. The summed E-state index contributed by atoms with van der Waals surface area (Å²) < 4.78 is 10.7. The standard InChI is InChI=1S/C15H12N2O2S/c1-18-12-4-6-13(7-5-12)19-15-16-9-11(10-17-15)14-3-2-8-20-14/h2-10H,1H3. The lowest BCUT2D eigenvalue weighted by Crippen LogP contribution is -1.91. The van der Waals surface area contributed by atoms with Crippen molar-refractivity contribution in [1.82, 2.24) is 9.97 Å². The highest BCUT2D eigenvalue weighted by Crippen LogP contribution is 2.25. The van der Waals surface area contributed by atoms with Gasteiger partial charge in [-0.1, -0.05) is 6.07 Å². The highest BCUT2D eigenvalue weighted by molar-refractivity contribution is 7.13. The molecule has 0 aliphatic heterocycles. The van der Waals surface area contributed by atoms with E-state index in [2.05, 4.69) is 9.97 Å². The van der Waals surface area contributed by atoms with Gasteiger partial charge in [0, 0.05) is 22.8 Å². The third-order valence-electron chi connectivity index (χ3n) is 2.70. The Hall–Kier alpha value is -2.40. The van der Waals surface area contributed by atoms with Gasteiger partial charge in [0.15, 0.2) is 0 Å². The van der Waals surface area contributed by atoms with E-state index in [0.29, 0.717) is 11.8 Å². The molecule has 4 nitrogen and oxygen atoms in total. The van der Waals surface area contributed by atoms with Gasteiger partial charge in [0.2, 0.25) is 0 Å². The summed E-state index contributed by atoms with van der Waals surface area (Å²) in [5, 5.41) is 2.02. The van der Waals surface area contributed by atoms with E-state index in [0.717, 1.165) is 16.2 Å². The maximum absolute atomic E-state index is 5.58. The van der Waals surface area contributed by atoms with Crippen molar-refractivity contribution in [2.45, 2.75) is 0 Å². The maximum Gasteiger partial charge on any atom is 0.321 e. The SMILES string of the molecule is COc1ccc(Oc2ncc(-c3cccs3)cn2)cc1. The molecule has 0 amide bonds. The highest BCUT2D eigenvalue weighted by atomic mass is 32.1. The van der Waals surface area contributed by atoms with E-state index in [4.69, 9.17) is 9.47 Å². The molecular formula is C15H12N2O2S. The number of aromatic nitrogens is 2. The van der Waals surface area contributed by atoms with E-state index in [1.54, 1.807) is 30.8 Å². The molecule has 0 fully saturated rings. The number of hydrogen-bond donors (Lipinski definition) is 0. The van der Waals surface area contributed by atoms with E-state index < -0.39 is 0 Å². The van der Waals surface area contributed by atoms with Crippen molar-refractivity contribution in [3.05, 3.63) is 54.2 Å². The number of hydrogen-bond acceptors (Lipinski definition) is 5. The first-order valence-electron chi connectivity index (χ1n) is 6.03. The maximum atomic E-state index is 5.58. The van der Waals surface area contributed by atoms with Gasteiger partial charge in [-0.2, -0.15) is 0 Å². The molecule has 0 N–H and O–H groups in total. The Bertz CT molecular complexity index is 664. The molecule has 2 aromatic heterocycles. The molecule has 0 radical (unpaired) electrons. The monoisotopic (exact) mass is 284 g/mol. The summed E-state index contributed by atoms with van der Waals surface area (Å²) in [6.07, 6.45) is 3.52. The van der Waals surface area contributed by atoms with Crippen LogP contribution in [0.4, 0.5) is 0 Å². The molecule has 0 unspecified atom stereocenters. The molecule has 3 aromatic rings. The molecule has 0 saturated carbocycles. The Balaban J connectivity index is 1.74. The smallest absolute Gasteiger partial charge is 0.321 e. The van der Waals surface area contributed by atoms with Gasteiger partial charge in [0.25, 0.3) is 0 Å². The van der Waals surface area contributed by atoms with Crippen molar-refractivity contribution < 1.29 is 9.47 Å². The summed E-state index contributed by atoms with van der Waals surface area (Å²) in [5.41, 5.74) is 0.988. The van der Waals surface area contributed by atoms with E-state index in [1.807, 2.05) is 41.8 Å². The fraction of sp³-hybridized carbons (Fsp3) is 0.0667. The lowest BCUT2D eigenvalue weighted by atomic mass is 10.3. The van der Waals surface area contributed by atoms with Gasteiger partial charge < -0.3 is 9.47 Å². The number of methoxy groups -OCH3 is 1. The van der Waals surface area contributed by atoms with Crippen molar-refractivity contribution in [2.24, 2.45) is 0 Å². The minimum absolute atomic E-state index is 0.329. The van der Waals surface area contributed by atoms with Gasteiger partial charge in [0.1, 0.15) is 11.5 Å². The van der Waals surface area contributed by atoms with Crippen LogP contribution in [-0.2, 0) is 0 Å². The Kier molecular flexibility index (Phi) is 3.60. The molecular weight excluding hydrogens is 272 g/mol. The van der Waals surface area contributed by atoms with Crippen LogP contribution in [0, 0.1) is 0 Å². The Labute approximate surface area is 120 Å². The molecule has 0 atom stereocenters. The predicted molar refractivity (Wildman–Crippen MR) is 78.4 cm³/mol. The fourth-order valence-electron chi connectivity index (χ4n) is 1.69. The summed E-state index contributed by atoms with van der Waals surface area (Å²) in [6, 6.07) is 11.7. The highest BCUT2D eigenvalue weighted by Gasteiger charge is 2.03. The van der Waals surface area contributed by atoms with Crippen LogP contribution in [-0.4, -0.2) is 17.1 Å². The number of ether oxygens (including phenoxy) is 2. The third kappa shape index (κ3) is 2.78. The second-order valence-electron chi connectivity index (χ2n) is 4.01. The zero-order valence-corrected chi connectivity index (χ0v) is 11.6. The third-order valence-corrected chi connectivity index (χ3v) is 3.62. The molecule has 100 valence electrons. The number of nitrogens with zero attached hydrogens (tertiary/aromatic N) is 2. The van der Waals surface area contributed by atoms with Crippen LogP contribution < -0.4 is 9.47 Å². The van der Waals surface area contributed by atoms with Gasteiger partial charge in [0.05, 0.1) is 7.11 Å². The molecule has 0 bridgehead atoms. The van der Waals surface area contributed by atoms with Gasteiger partial charge in [-0.05, 0) is 35.7 Å². The largest absolute Gasteiger partial charge is 0.497 e. The second-order valence-corrected chi connectivity index (χ2v) is 4.96. The first-order valence-corrected chi connectivity index (χ1v) is 6.91. The van der Waals surface area contributed by atoms with E-state index >= 15 is 0 Å². The van der Waals surface area contributed by atoms with Crippen molar-refractivity contribution in [2.75, 3.05) is 7.11 Å². The van der Waals surface area contributed by atoms with Crippen LogP contribution in [0.3, 0.4) is 0 Å². The summed E-state index contributed by atoms with van der Waals surface area (Å²) in [7, 11) is 1.63. The van der Waals surface area contributed by atoms with Crippen LogP contribution in [0.5, 0.6) is 17.5 Å². The summed E-state index contributed by atoms with van der Waals surface area (Å²) >= 11 is 1.66. The molecule has 0 aliphatic carbocycles. The molecule has 5 heteroatoms. The fourth-order valence-corrected chi connectivity index (χ4v) is 2.39. The molecule has 1 aromatic carbocycles. The minimum atomic E-state index is 0.329. The Morgan fingerprint density at radius 2 is 1.65 bits per heavy atom. The average molecular weight is 284 g/mol. The van der Waals surface area contributed by atoms with Gasteiger partial charge >= 0.3 is 6.01 Å². The number of thiophene rings is 1. The number of rotatable bonds is 4. The van der Waals surface area contributed by atoms with Crippen LogP contribution in [0.2, 0.25) is 0 Å². The van der Waals surface area contributed by atoms with Crippen LogP contribution >= 0.6 is 11.3 Å². The Morgan fingerprint density at radius 1 is 0.950 bits per heavy atom. The lowest BCUT2D eigenvalue weighted by molar-refractivity contribution is 0.410. The summed E-state index contributed by atoms with van der Waals surface area (Å²) in [5.74, 6) is 1.46. The van der Waals surface area contributed by atoms with Crippen molar-refractivity contribution in [1.29, 1.82) is 0 Å². The zero-order chi connectivity index (χ0) is 13.8. The van der Waals surface area contributed by atoms with E-state index in [9.17, 15) is 0 Å². The second kappa shape index (κ2) is 5.71. The van der Waals surface area contributed by atoms with Crippen LogP contribution in [0.15, 0.2) is 54.2 Å². The molecule has 0 aliphatic rings. The van der Waals surface area contributed by atoms with Gasteiger partial charge in [-0.25, -0.2) is 9.97 Å². The molecule has 2 heterocycles. The quantitative estimate of drug-likeness (QED) is 0.726.